The molecule has 0 N–H and O–H groups in total. The van der Waals surface area contributed by atoms with E-state index in [1.165, 1.54) is 19.3 Å². The Morgan fingerprint density at radius 3 is 2.32 bits per heavy atom. The Kier molecular flexibility index (Phi) is 6.33. The van der Waals surface area contributed by atoms with Gasteiger partial charge in [0.25, 0.3) is 0 Å². The molecule has 4 heteroatoms. The van der Waals surface area contributed by atoms with Crippen molar-refractivity contribution in [3.63, 3.8) is 0 Å². The van der Waals surface area contributed by atoms with Gasteiger partial charge < -0.3 is 9.64 Å². The lowest BCUT2D eigenvalue weighted by Gasteiger charge is -2.45. The summed E-state index contributed by atoms with van der Waals surface area (Å²) in [7, 11) is 0. The Labute approximate surface area is 168 Å². The van der Waals surface area contributed by atoms with Crippen molar-refractivity contribution in [2.24, 2.45) is 11.8 Å². The van der Waals surface area contributed by atoms with Gasteiger partial charge in [-0.2, -0.15) is 0 Å². The highest BCUT2D eigenvalue weighted by atomic mass is 16.5. The summed E-state index contributed by atoms with van der Waals surface area (Å²) in [6.07, 6.45) is 11.1. The molecule has 2 bridgehead atoms. The molecule has 0 radical (unpaired) electrons. The van der Waals surface area contributed by atoms with Crippen molar-refractivity contribution in [2.75, 3.05) is 6.54 Å². The molecular weight excluding hydrogens is 350 g/mol. The molecule has 28 heavy (non-hydrogen) atoms. The van der Waals surface area contributed by atoms with Gasteiger partial charge in [0.05, 0.1) is 5.92 Å². The number of nitrogens with zero attached hydrogens (tertiary/aromatic N) is 1. The molecule has 1 aromatic carbocycles. The van der Waals surface area contributed by atoms with Gasteiger partial charge in [-0.05, 0) is 69.3 Å². The van der Waals surface area contributed by atoms with Crippen LogP contribution in [-0.2, 0) is 20.7 Å². The van der Waals surface area contributed by atoms with Crippen LogP contribution in [0.2, 0.25) is 0 Å². The largest absolute Gasteiger partial charge is 0.462 e. The first-order chi connectivity index (χ1) is 13.7. The van der Waals surface area contributed by atoms with Crippen molar-refractivity contribution >= 4 is 11.9 Å². The number of hydrogen-bond acceptors (Lipinski definition) is 3. The molecule has 2 saturated heterocycles. The molecule has 4 aliphatic rings. The zero-order valence-electron chi connectivity index (χ0n) is 16.9. The maximum atomic E-state index is 13.1. The van der Waals surface area contributed by atoms with Gasteiger partial charge in [0.15, 0.2) is 0 Å². The molecular formula is C24H33NO3. The van der Waals surface area contributed by atoms with Gasteiger partial charge in [-0.1, -0.05) is 36.8 Å². The Morgan fingerprint density at radius 1 is 0.964 bits per heavy atom. The Morgan fingerprint density at radius 2 is 1.68 bits per heavy atom. The van der Waals surface area contributed by atoms with Crippen molar-refractivity contribution in [2.45, 2.75) is 82.8 Å². The minimum atomic E-state index is -0.378. The summed E-state index contributed by atoms with van der Waals surface area (Å²) >= 11 is 0. The summed E-state index contributed by atoms with van der Waals surface area (Å²) in [6, 6.07) is 10.4. The number of hydrogen-bond donors (Lipinski definition) is 0. The summed E-state index contributed by atoms with van der Waals surface area (Å²) in [6.45, 7) is 0.888. The minimum Gasteiger partial charge on any atom is -0.462 e. The van der Waals surface area contributed by atoms with Gasteiger partial charge in [-0.15, -0.1) is 0 Å². The lowest BCUT2D eigenvalue weighted by molar-refractivity contribution is -0.158. The molecule has 2 saturated carbocycles. The summed E-state index contributed by atoms with van der Waals surface area (Å²) in [5.41, 5.74) is 1.10. The Balaban J connectivity index is 1.42. The van der Waals surface area contributed by atoms with Crippen LogP contribution < -0.4 is 0 Å². The minimum absolute atomic E-state index is 0.0422. The normalized spacial score (nSPS) is 26.1. The fraction of sp³-hybridized carbons (Fsp3) is 0.667. The number of ether oxygens (including phenoxy) is 1. The smallest absolute Gasteiger partial charge is 0.310 e. The van der Waals surface area contributed by atoms with Crippen LogP contribution >= 0.6 is 0 Å². The Bertz CT molecular complexity index is 660. The van der Waals surface area contributed by atoms with Crippen LogP contribution in [0.5, 0.6) is 0 Å². The molecule has 0 spiro atoms. The van der Waals surface area contributed by atoms with Gasteiger partial charge in [0.2, 0.25) is 5.91 Å². The van der Waals surface area contributed by atoms with Crippen molar-refractivity contribution in [3.8, 4) is 0 Å². The first-order valence-corrected chi connectivity index (χ1v) is 11.2. The van der Waals surface area contributed by atoms with E-state index in [2.05, 4.69) is 4.90 Å². The number of esters is 1. The van der Waals surface area contributed by atoms with Crippen LogP contribution in [0.1, 0.15) is 69.8 Å². The van der Waals surface area contributed by atoms with Crippen LogP contribution in [-0.4, -0.2) is 35.5 Å². The highest BCUT2D eigenvalue weighted by molar-refractivity contribution is 5.83. The average molecular weight is 384 g/mol. The van der Waals surface area contributed by atoms with Crippen LogP contribution in [0.25, 0.3) is 0 Å². The summed E-state index contributed by atoms with van der Waals surface area (Å²) in [5.74, 6) is 0.259. The molecule has 4 fully saturated rings. The van der Waals surface area contributed by atoms with E-state index in [1.807, 2.05) is 30.3 Å². The lowest BCUT2D eigenvalue weighted by Crippen LogP contribution is -2.51. The predicted octanol–water partition coefficient (Wildman–Crippen LogP) is 4.51. The van der Waals surface area contributed by atoms with Gasteiger partial charge in [0.1, 0.15) is 6.10 Å². The SMILES string of the molecule is O=C(OC1CCCCC1)[C@H](CC(=O)N1CC2CCC1CC2)Cc1ccccc1. The van der Waals surface area contributed by atoms with Crippen LogP contribution in [0, 0.1) is 11.8 Å². The highest BCUT2D eigenvalue weighted by Crippen LogP contribution is 2.35. The van der Waals surface area contributed by atoms with Crippen molar-refractivity contribution in [1.82, 2.24) is 4.90 Å². The molecule has 1 amide bonds. The molecule has 152 valence electrons. The molecule has 5 rings (SSSR count). The van der Waals surface area contributed by atoms with Crippen molar-refractivity contribution in [3.05, 3.63) is 35.9 Å². The number of rotatable bonds is 6. The molecule has 2 aliphatic carbocycles. The zero-order chi connectivity index (χ0) is 19.3. The Hall–Kier alpha value is -1.84. The van der Waals surface area contributed by atoms with Gasteiger partial charge in [0, 0.05) is 19.0 Å². The second kappa shape index (κ2) is 9.11. The van der Waals surface area contributed by atoms with E-state index in [-0.39, 0.29) is 30.3 Å². The second-order valence-corrected chi connectivity index (χ2v) is 9.01. The third-order valence-corrected chi connectivity index (χ3v) is 6.95. The molecule has 4 nitrogen and oxygen atoms in total. The van der Waals surface area contributed by atoms with Crippen molar-refractivity contribution < 1.29 is 14.3 Å². The topological polar surface area (TPSA) is 46.6 Å². The number of fused-ring (bicyclic) bond motifs is 3. The summed E-state index contributed by atoms with van der Waals surface area (Å²) in [4.78, 5) is 28.2. The molecule has 1 atom stereocenters. The third kappa shape index (κ3) is 4.76. The number of piperidine rings is 2. The second-order valence-electron chi connectivity index (χ2n) is 9.01. The van der Waals surface area contributed by atoms with E-state index in [9.17, 15) is 9.59 Å². The number of carbonyl (C=O) groups is 2. The number of benzene rings is 1. The first-order valence-electron chi connectivity index (χ1n) is 11.2. The molecule has 2 aliphatic heterocycles. The maximum absolute atomic E-state index is 13.1. The fourth-order valence-electron chi connectivity index (χ4n) is 5.28. The molecule has 1 aromatic rings. The van der Waals surface area contributed by atoms with Crippen LogP contribution in [0.4, 0.5) is 0 Å². The molecule has 0 aromatic heterocycles. The molecule has 2 heterocycles. The van der Waals surface area contributed by atoms with E-state index in [0.29, 0.717) is 18.4 Å². The van der Waals surface area contributed by atoms with E-state index in [0.717, 1.165) is 50.6 Å². The quantitative estimate of drug-likeness (QED) is 0.679. The standard InChI is InChI=1S/C24H33NO3/c26-23(25-17-19-11-13-21(25)14-12-19)16-20(15-18-7-3-1-4-8-18)24(27)28-22-9-5-2-6-10-22/h1,3-4,7-8,19-22H,2,5-6,9-17H2/t19?,20-,21?/m0/s1. The average Bonchev–Trinajstić information content (AvgIpc) is 2.75. The van der Waals surface area contributed by atoms with Crippen LogP contribution in [0.3, 0.4) is 0 Å². The lowest BCUT2D eigenvalue weighted by atomic mass is 9.79. The first kappa shape index (κ1) is 19.5. The number of carbonyl (C=O) groups excluding carboxylic acids is 2. The maximum Gasteiger partial charge on any atom is 0.310 e. The monoisotopic (exact) mass is 383 g/mol. The van der Waals surface area contributed by atoms with E-state index in [4.69, 9.17) is 4.74 Å². The third-order valence-electron chi connectivity index (χ3n) is 6.95. The highest BCUT2D eigenvalue weighted by Gasteiger charge is 2.38. The fourth-order valence-corrected chi connectivity index (χ4v) is 5.28. The van der Waals surface area contributed by atoms with Gasteiger partial charge in [-0.25, -0.2) is 0 Å². The zero-order valence-corrected chi connectivity index (χ0v) is 16.9. The van der Waals surface area contributed by atoms with E-state index >= 15 is 0 Å². The summed E-state index contributed by atoms with van der Waals surface area (Å²) in [5, 5.41) is 0. The van der Waals surface area contributed by atoms with Gasteiger partial charge in [-0.3, -0.25) is 9.59 Å². The predicted molar refractivity (Wildman–Crippen MR) is 109 cm³/mol. The van der Waals surface area contributed by atoms with E-state index < -0.39 is 0 Å². The number of amides is 1. The van der Waals surface area contributed by atoms with Gasteiger partial charge >= 0.3 is 5.97 Å². The van der Waals surface area contributed by atoms with Crippen LogP contribution in [0.15, 0.2) is 30.3 Å². The van der Waals surface area contributed by atoms with Crippen molar-refractivity contribution in [1.29, 1.82) is 0 Å². The summed E-state index contributed by atoms with van der Waals surface area (Å²) < 4.78 is 5.87. The van der Waals surface area contributed by atoms with E-state index in [1.54, 1.807) is 0 Å². The molecule has 0 unspecified atom stereocenters.